The monoisotopic (exact) mass is 282 g/mol. The summed E-state index contributed by atoms with van der Waals surface area (Å²) in [5.74, 6) is 0.0250. The van der Waals surface area contributed by atoms with Crippen molar-refractivity contribution in [2.24, 2.45) is 0 Å². The van der Waals surface area contributed by atoms with E-state index in [0.29, 0.717) is 19.8 Å². The molecule has 0 unspecified atom stereocenters. The van der Waals surface area contributed by atoms with Crippen LogP contribution in [-0.4, -0.2) is 47.6 Å². The molecule has 1 saturated carbocycles. The predicted molar refractivity (Wildman–Crippen MR) is 76.2 cm³/mol. The first-order chi connectivity index (χ1) is 9.44. The lowest BCUT2D eigenvalue weighted by Gasteiger charge is -2.52. The van der Waals surface area contributed by atoms with Crippen LogP contribution in [0.4, 0.5) is 0 Å². The van der Waals surface area contributed by atoms with Crippen molar-refractivity contribution in [1.29, 1.82) is 0 Å². The number of carbonyl (C=O) groups is 2. The van der Waals surface area contributed by atoms with E-state index in [1.165, 1.54) is 0 Å². The molecule has 0 radical (unpaired) electrons. The molecule has 0 aromatic carbocycles. The smallest absolute Gasteiger partial charge is 0.248 e. The third-order valence-corrected chi connectivity index (χ3v) is 4.49. The molecule has 5 nitrogen and oxygen atoms in total. The van der Waals surface area contributed by atoms with E-state index in [2.05, 4.69) is 5.32 Å². The van der Waals surface area contributed by atoms with Gasteiger partial charge >= 0.3 is 0 Å². The Morgan fingerprint density at radius 2 is 1.85 bits per heavy atom. The van der Waals surface area contributed by atoms with Crippen LogP contribution in [-0.2, 0) is 14.3 Å². The SMILES string of the molecule is CCOCCN1C(=O)C(C)(C)NC(=O)C12CCCCC2. The molecular weight excluding hydrogens is 256 g/mol. The molecule has 1 saturated heterocycles. The second-order valence-electron chi connectivity index (χ2n) is 6.33. The highest BCUT2D eigenvalue weighted by molar-refractivity contribution is 6.01. The molecule has 2 rings (SSSR count). The number of ether oxygens (including phenoxy) is 1. The van der Waals surface area contributed by atoms with Crippen molar-refractivity contribution in [1.82, 2.24) is 10.2 Å². The Morgan fingerprint density at radius 3 is 2.45 bits per heavy atom. The van der Waals surface area contributed by atoms with Crippen molar-refractivity contribution >= 4 is 11.8 Å². The van der Waals surface area contributed by atoms with Crippen molar-refractivity contribution in [2.45, 2.75) is 64.0 Å². The normalized spacial score (nSPS) is 24.9. The van der Waals surface area contributed by atoms with Crippen molar-refractivity contribution in [3.63, 3.8) is 0 Å². The van der Waals surface area contributed by atoms with E-state index < -0.39 is 11.1 Å². The molecule has 114 valence electrons. The number of carbonyl (C=O) groups excluding carboxylic acids is 2. The zero-order valence-corrected chi connectivity index (χ0v) is 12.8. The van der Waals surface area contributed by atoms with Gasteiger partial charge in [0.15, 0.2) is 0 Å². The Morgan fingerprint density at radius 1 is 1.20 bits per heavy atom. The minimum absolute atomic E-state index is 0.0123. The van der Waals surface area contributed by atoms with Gasteiger partial charge in [-0.1, -0.05) is 19.3 Å². The van der Waals surface area contributed by atoms with Crippen molar-refractivity contribution < 1.29 is 14.3 Å². The molecule has 2 aliphatic rings. The Bertz CT molecular complexity index is 387. The van der Waals surface area contributed by atoms with Crippen LogP contribution in [0.5, 0.6) is 0 Å². The number of hydrogen-bond acceptors (Lipinski definition) is 3. The number of nitrogens with one attached hydrogen (secondary N) is 1. The number of amides is 2. The van der Waals surface area contributed by atoms with E-state index in [4.69, 9.17) is 4.74 Å². The quantitative estimate of drug-likeness (QED) is 0.794. The van der Waals surface area contributed by atoms with Crippen LogP contribution in [0, 0.1) is 0 Å². The van der Waals surface area contributed by atoms with Gasteiger partial charge in [-0.2, -0.15) is 0 Å². The van der Waals surface area contributed by atoms with Gasteiger partial charge in [0, 0.05) is 13.2 Å². The average Bonchev–Trinajstić information content (AvgIpc) is 2.42. The molecule has 0 atom stereocenters. The molecule has 0 aromatic rings. The van der Waals surface area contributed by atoms with E-state index >= 15 is 0 Å². The summed E-state index contributed by atoms with van der Waals surface area (Å²) in [6, 6.07) is 0. The lowest BCUT2D eigenvalue weighted by molar-refractivity contribution is -0.165. The molecule has 1 heterocycles. The maximum absolute atomic E-state index is 12.7. The van der Waals surface area contributed by atoms with Crippen LogP contribution in [0.15, 0.2) is 0 Å². The Balaban J connectivity index is 2.25. The number of piperazine rings is 1. The standard InChI is InChI=1S/C15H26N2O3/c1-4-20-11-10-17-13(19)14(2,3)16-12(18)15(17)8-6-5-7-9-15/h4-11H2,1-3H3,(H,16,18). The highest BCUT2D eigenvalue weighted by Crippen LogP contribution is 2.38. The fourth-order valence-corrected chi connectivity index (χ4v) is 3.36. The van der Waals surface area contributed by atoms with E-state index in [-0.39, 0.29) is 11.8 Å². The Hall–Kier alpha value is -1.10. The summed E-state index contributed by atoms with van der Waals surface area (Å²) in [5.41, 5.74) is -1.45. The zero-order valence-electron chi connectivity index (χ0n) is 12.8. The topological polar surface area (TPSA) is 58.6 Å². The van der Waals surface area contributed by atoms with E-state index in [1.54, 1.807) is 18.7 Å². The summed E-state index contributed by atoms with van der Waals surface area (Å²) in [7, 11) is 0. The number of nitrogens with zero attached hydrogens (tertiary/aromatic N) is 1. The van der Waals surface area contributed by atoms with Crippen LogP contribution in [0.2, 0.25) is 0 Å². The van der Waals surface area contributed by atoms with Gasteiger partial charge in [0.2, 0.25) is 11.8 Å². The summed E-state index contributed by atoms with van der Waals surface area (Å²) in [6.45, 7) is 7.11. The molecule has 1 N–H and O–H groups in total. The number of hydrogen-bond donors (Lipinski definition) is 1. The van der Waals surface area contributed by atoms with Crippen LogP contribution in [0.3, 0.4) is 0 Å². The zero-order chi connectivity index (χ0) is 14.8. The molecule has 2 fully saturated rings. The lowest BCUT2D eigenvalue weighted by Crippen LogP contribution is -2.74. The van der Waals surface area contributed by atoms with Gasteiger partial charge in [0.1, 0.15) is 11.1 Å². The summed E-state index contributed by atoms with van der Waals surface area (Å²) in [5, 5.41) is 2.92. The van der Waals surface area contributed by atoms with Gasteiger partial charge in [-0.15, -0.1) is 0 Å². The lowest BCUT2D eigenvalue weighted by atomic mass is 9.76. The summed E-state index contributed by atoms with van der Waals surface area (Å²) >= 11 is 0. The van der Waals surface area contributed by atoms with Crippen LogP contribution in [0.1, 0.15) is 52.9 Å². The summed E-state index contributed by atoms with van der Waals surface area (Å²) < 4.78 is 5.40. The second-order valence-corrected chi connectivity index (χ2v) is 6.33. The summed E-state index contributed by atoms with van der Waals surface area (Å²) in [6.07, 6.45) is 4.70. The van der Waals surface area contributed by atoms with Crippen LogP contribution < -0.4 is 5.32 Å². The Labute approximate surface area is 121 Å². The van der Waals surface area contributed by atoms with Crippen LogP contribution in [0.25, 0.3) is 0 Å². The summed E-state index contributed by atoms with van der Waals surface area (Å²) in [4.78, 5) is 27.1. The third kappa shape index (κ3) is 2.55. The van der Waals surface area contributed by atoms with E-state index in [1.807, 2.05) is 6.92 Å². The average molecular weight is 282 g/mol. The molecule has 1 aliphatic heterocycles. The van der Waals surface area contributed by atoms with Gasteiger partial charge in [-0.25, -0.2) is 0 Å². The van der Waals surface area contributed by atoms with Crippen molar-refractivity contribution in [3.8, 4) is 0 Å². The molecule has 2 amide bonds. The predicted octanol–water partition coefficient (Wildman–Crippen LogP) is 1.46. The molecule has 1 spiro atoms. The fourth-order valence-electron chi connectivity index (χ4n) is 3.36. The molecular formula is C15H26N2O3. The first kappa shape index (κ1) is 15.3. The molecule has 20 heavy (non-hydrogen) atoms. The van der Waals surface area contributed by atoms with Gasteiger partial charge in [0.25, 0.3) is 0 Å². The van der Waals surface area contributed by atoms with Gasteiger partial charge in [0.05, 0.1) is 6.61 Å². The van der Waals surface area contributed by atoms with Gasteiger partial charge in [-0.3, -0.25) is 9.59 Å². The molecule has 1 aliphatic carbocycles. The van der Waals surface area contributed by atoms with Gasteiger partial charge < -0.3 is 15.0 Å². The first-order valence-corrected chi connectivity index (χ1v) is 7.66. The van der Waals surface area contributed by atoms with Crippen LogP contribution >= 0.6 is 0 Å². The first-order valence-electron chi connectivity index (χ1n) is 7.66. The maximum atomic E-state index is 12.7. The minimum atomic E-state index is -0.813. The van der Waals surface area contributed by atoms with Gasteiger partial charge in [-0.05, 0) is 33.6 Å². The fraction of sp³-hybridized carbons (Fsp3) is 0.867. The highest BCUT2D eigenvalue weighted by Gasteiger charge is 2.55. The minimum Gasteiger partial charge on any atom is -0.380 e. The van der Waals surface area contributed by atoms with E-state index in [9.17, 15) is 9.59 Å². The third-order valence-electron chi connectivity index (χ3n) is 4.49. The highest BCUT2D eigenvalue weighted by atomic mass is 16.5. The molecule has 5 heteroatoms. The molecule has 0 bridgehead atoms. The molecule has 0 aromatic heterocycles. The van der Waals surface area contributed by atoms with Crippen molar-refractivity contribution in [2.75, 3.05) is 19.8 Å². The van der Waals surface area contributed by atoms with Crippen molar-refractivity contribution in [3.05, 3.63) is 0 Å². The largest absolute Gasteiger partial charge is 0.380 e. The van der Waals surface area contributed by atoms with E-state index in [0.717, 1.165) is 32.1 Å². The Kier molecular flexibility index (Phi) is 4.37. The maximum Gasteiger partial charge on any atom is 0.248 e. The second kappa shape index (κ2) is 5.72. The number of rotatable bonds is 4.